The van der Waals surface area contributed by atoms with Crippen molar-refractivity contribution in [3.8, 4) is 6.07 Å². The second-order valence-corrected chi connectivity index (χ2v) is 10.4. The first kappa shape index (κ1) is 27.3. The number of carbonyl (C=O) groups excluding carboxylic acids is 3. The van der Waals surface area contributed by atoms with Crippen LogP contribution in [0.25, 0.3) is 10.2 Å². The van der Waals surface area contributed by atoms with E-state index in [9.17, 15) is 14.4 Å². The highest BCUT2D eigenvalue weighted by Gasteiger charge is 2.30. The number of nitrogens with one attached hydrogen (secondary N) is 3. The molecule has 0 radical (unpaired) electrons. The molecule has 3 rings (SSSR count). The number of thiazole rings is 1. The molecule has 1 heterocycles. The third kappa shape index (κ3) is 7.37. The van der Waals surface area contributed by atoms with Gasteiger partial charge in [0, 0.05) is 25.4 Å². The van der Waals surface area contributed by atoms with Gasteiger partial charge in [0.15, 0.2) is 0 Å². The van der Waals surface area contributed by atoms with E-state index in [1.165, 1.54) is 16.9 Å². The Hall–Kier alpha value is -3.25. The molecule has 192 valence electrons. The van der Waals surface area contributed by atoms with Gasteiger partial charge in [-0.1, -0.05) is 45.8 Å². The number of hydrogen-bond donors (Lipinski definition) is 3. The summed E-state index contributed by atoms with van der Waals surface area (Å²) in [6, 6.07) is 6.83. The normalized spacial score (nSPS) is 15.5. The van der Waals surface area contributed by atoms with Crippen LogP contribution in [-0.2, 0) is 27.2 Å². The summed E-state index contributed by atoms with van der Waals surface area (Å²) < 4.78 is 1.06. The molecule has 0 aliphatic heterocycles. The molecule has 0 unspecified atom stereocenters. The number of benzene rings is 1. The van der Waals surface area contributed by atoms with Crippen molar-refractivity contribution in [2.75, 3.05) is 6.54 Å². The zero-order chi connectivity index (χ0) is 26.1. The van der Waals surface area contributed by atoms with Gasteiger partial charge in [-0.2, -0.15) is 5.26 Å². The molecule has 1 aliphatic rings. The van der Waals surface area contributed by atoms with Gasteiger partial charge in [-0.25, -0.2) is 4.98 Å². The minimum atomic E-state index is -0.778. The number of amides is 3. The lowest BCUT2D eigenvalue weighted by atomic mass is 9.83. The summed E-state index contributed by atoms with van der Waals surface area (Å²) in [5.41, 5.74) is 1.94. The summed E-state index contributed by atoms with van der Waals surface area (Å²) in [4.78, 5) is 42.6. The number of aryl methyl sites for hydroxylation is 1. The number of hydrogen-bond acceptors (Lipinski definition) is 6. The standard InChI is InChI=1S/C27H35N5O3S/c1-4-18-11-12-20-23(13-18)36-25(31-20)14-21(30-24(33)5-2)27(35)32-22(19-9-7-6-8-10-19)16-29-26(34)17(3)15-28/h11-13,19,21-22H,3-10,14,16H2,1-2H3,(H,29,34)(H,30,33)(H,32,35)/t21-,22+/m0/s1. The van der Waals surface area contributed by atoms with E-state index in [-0.39, 0.29) is 48.7 Å². The molecule has 8 nitrogen and oxygen atoms in total. The average molecular weight is 510 g/mol. The van der Waals surface area contributed by atoms with E-state index in [0.29, 0.717) is 0 Å². The molecule has 2 aromatic rings. The minimum absolute atomic E-state index is 0.168. The Bertz CT molecular complexity index is 1150. The largest absolute Gasteiger partial charge is 0.350 e. The van der Waals surface area contributed by atoms with Crippen LogP contribution in [0, 0.1) is 17.2 Å². The van der Waals surface area contributed by atoms with Crippen LogP contribution in [0.3, 0.4) is 0 Å². The molecule has 2 atom stereocenters. The maximum atomic E-state index is 13.5. The SMILES string of the molecule is C=C(C#N)C(=O)NC[C@@H](NC(=O)[C@H](Cc1nc2ccc(CC)cc2s1)NC(=O)CC)C1CCCCC1. The molecule has 1 saturated carbocycles. The summed E-state index contributed by atoms with van der Waals surface area (Å²) >= 11 is 1.53. The third-order valence-electron chi connectivity index (χ3n) is 6.70. The second-order valence-electron chi connectivity index (χ2n) is 9.25. The Morgan fingerprint density at radius 2 is 1.94 bits per heavy atom. The second kappa shape index (κ2) is 13.2. The first-order chi connectivity index (χ1) is 17.3. The lowest BCUT2D eigenvalue weighted by Crippen LogP contribution is -2.55. The number of rotatable bonds is 11. The maximum Gasteiger partial charge on any atom is 0.261 e. The summed E-state index contributed by atoms with van der Waals surface area (Å²) in [6.07, 6.45) is 6.67. The Morgan fingerprint density at radius 3 is 2.61 bits per heavy atom. The lowest BCUT2D eigenvalue weighted by Gasteiger charge is -2.32. The summed E-state index contributed by atoms with van der Waals surface area (Å²) in [6.45, 7) is 7.51. The Labute approximate surface area is 216 Å². The molecule has 1 fully saturated rings. The van der Waals surface area contributed by atoms with Crippen molar-refractivity contribution in [1.29, 1.82) is 5.26 Å². The highest BCUT2D eigenvalue weighted by Crippen LogP contribution is 2.27. The van der Waals surface area contributed by atoms with E-state index >= 15 is 0 Å². The Kier molecular flexibility index (Phi) is 10.00. The summed E-state index contributed by atoms with van der Waals surface area (Å²) in [5.74, 6) is -0.841. The van der Waals surface area contributed by atoms with Gasteiger partial charge < -0.3 is 16.0 Å². The van der Waals surface area contributed by atoms with Crippen molar-refractivity contribution in [1.82, 2.24) is 20.9 Å². The number of aromatic nitrogens is 1. The van der Waals surface area contributed by atoms with Crippen LogP contribution in [-0.4, -0.2) is 41.3 Å². The molecule has 1 aliphatic carbocycles. The topological polar surface area (TPSA) is 124 Å². The molecule has 9 heteroatoms. The zero-order valence-electron chi connectivity index (χ0n) is 21.1. The van der Waals surface area contributed by atoms with Crippen molar-refractivity contribution < 1.29 is 14.4 Å². The molecule has 1 aromatic heterocycles. The Morgan fingerprint density at radius 1 is 1.19 bits per heavy atom. The average Bonchev–Trinajstić information content (AvgIpc) is 3.31. The van der Waals surface area contributed by atoms with Crippen LogP contribution in [0.2, 0.25) is 0 Å². The van der Waals surface area contributed by atoms with E-state index < -0.39 is 11.9 Å². The fourth-order valence-electron chi connectivity index (χ4n) is 4.52. The fourth-order valence-corrected chi connectivity index (χ4v) is 5.60. The zero-order valence-corrected chi connectivity index (χ0v) is 21.9. The predicted molar refractivity (Wildman–Crippen MR) is 141 cm³/mol. The van der Waals surface area contributed by atoms with Gasteiger partial charge in [0.1, 0.15) is 17.7 Å². The molecule has 0 bridgehead atoms. The lowest BCUT2D eigenvalue weighted by molar-refractivity contribution is -0.129. The van der Waals surface area contributed by atoms with Crippen LogP contribution in [0.5, 0.6) is 0 Å². The van der Waals surface area contributed by atoms with Crippen molar-refractivity contribution in [2.24, 2.45) is 5.92 Å². The van der Waals surface area contributed by atoms with E-state index in [0.717, 1.165) is 53.7 Å². The predicted octanol–water partition coefficient (Wildman–Crippen LogP) is 3.56. The quantitative estimate of drug-likeness (QED) is 0.316. The molecule has 0 spiro atoms. The molecular weight excluding hydrogens is 474 g/mol. The molecular formula is C27H35N5O3S. The van der Waals surface area contributed by atoms with E-state index in [1.807, 2.05) is 6.07 Å². The van der Waals surface area contributed by atoms with Crippen molar-refractivity contribution in [3.05, 3.63) is 40.9 Å². The van der Waals surface area contributed by atoms with Crippen LogP contribution >= 0.6 is 11.3 Å². The van der Waals surface area contributed by atoms with Crippen LogP contribution in [0.15, 0.2) is 30.4 Å². The van der Waals surface area contributed by atoms with Crippen LogP contribution < -0.4 is 16.0 Å². The van der Waals surface area contributed by atoms with E-state index in [1.54, 1.807) is 13.0 Å². The minimum Gasteiger partial charge on any atom is -0.350 e. The molecule has 3 amide bonds. The highest BCUT2D eigenvalue weighted by molar-refractivity contribution is 7.18. The Balaban J connectivity index is 1.77. The van der Waals surface area contributed by atoms with Gasteiger partial charge in [0.25, 0.3) is 5.91 Å². The summed E-state index contributed by atoms with van der Waals surface area (Å²) in [5, 5.41) is 18.4. The molecule has 3 N–H and O–H groups in total. The maximum absolute atomic E-state index is 13.5. The van der Waals surface area contributed by atoms with E-state index in [4.69, 9.17) is 10.2 Å². The van der Waals surface area contributed by atoms with Gasteiger partial charge in [0.05, 0.1) is 15.2 Å². The molecule has 36 heavy (non-hydrogen) atoms. The molecule has 1 aromatic carbocycles. The van der Waals surface area contributed by atoms with Gasteiger partial charge in [-0.05, 0) is 42.9 Å². The van der Waals surface area contributed by atoms with Gasteiger partial charge in [0.2, 0.25) is 11.8 Å². The molecule has 0 saturated heterocycles. The number of carbonyl (C=O) groups is 3. The first-order valence-electron chi connectivity index (χ1n) is 12.7. The number of nitrogens with zero attached hydrogens (tertiary/aromatic N) is 2. The van der Waals surface area contributed by atoms with Crippen molar-refractivity contribution in [2.45, 2.75) is 77.3 Å². The van der Waals surface area contributed by atoms with Crippen molar-refractivity contribution >= 4 is 39.3 Å². The fraction of sp³-hybridized carbons (Fsp3) is 0.519. The van der Waals surface area contributed by atoms with E-state index in [2.05, 4.69) is 41.6 Å². The van der Waals surface area contributed by atoms with Gasteiger partial charge >= 0.3 is 0 Å². The van der Waals surface area contributed by atoms with Crippen molar-refractivity contribution in [3.63, 3.8) is 0 Å². The third-order valence-corrected chi connectivity index (χ3v) is 7.74. The van der Waals surface area contributed by atoms with Crippen LogP contribution in [0.1, 0.15) is 62.9 Å². The number of fused-ring (bicyclic) bond motifs is 1. The first-order valence-corrected chi connectivity index (χ1v) is 13.5. The number of nitriles is 1. The monoisotopic (exact) mass is 509 g/mol. The highest BCUT2D eigenvalue weighted by atomic mass is 32.1. The smallest absolute Gasteiger partial charge is 0.261 e. The van der Waals surface area contributed by atoms with Crippen LogP contribution in [0.4, 0.5) is 0 Å². The van der Waals surface area contributed by atoms with Gasteiger partial charge in [-0.15, -0.1) is 11.3 Å². The summed E-state index contributed by atoms with van der Waals surface area (Å²) in [7, 11) is 0. The van der Waals surface area contributed by atoms with Gasteiger partial charge in [-0.3, -0.25) is 14.4 Å².